The molecule has 0 spiro atoms. The summed E-state index contributed by atoms with van der Waals surface area (Å²) in [6.07, 6.45) is 0. The molecule has 0 atom stereocenters. The van der Waals surface area contributed by atoms with Gasteiger partial charge in [-0.2, -0.15) is 0 Å². The Morgan fingerprint density at radius 2 is 1.95 bits per heavy atom. The van der Waals surface area contributed by atoms with Crippen molar-refractivity contribution in [1.82, 2.24) is 5.32 Å². The van der Waals surface area contributed by atoms with Crippen LogP contribution >= 0.6 is 11.3 Å². The lowest BCUT2D eigenvalue weighted by molar-refractivity contribution is -0.124. The van der Waals surface area contributed by atoms with Crippen LogP contribution in [0.2, 0.25) is 0 Å². The monoisotopic (exact) mass is 319 g/mol. The molecule has 1 aromatic heterocycles. The Labute approximate surface area is 132 Å². The topological polar surface area (TPSA) is 64.6 Å². The smallest absolute Gasteiger partial charge is 0.338 e. The van der Waals surface area contributed by atoms with Gasteiger partial charge in [0.15, 0.2) is 6.61 Å². The van der Waals surface area contributed by atoms with Gasteiger partial charge in [-0.1, -0.05) is 18.2 Å². The van der Waals surface area contributed by atoms with Crippen LogP contribution in [0.5, 0.6) is 0 Å². The van der Waals surface area contributed by atoms with Crippen LogP contribution in [0.15, 0.2) is 41.8 Å². The molecule has 0 aliphatic rings. The number of carbonyl (C=O) groups excluding carboxylic acids is 2. The average Bonchev–Trinajstić information content (AvgIpc) is 3.05. The van der Waals surface area contributed by atoms with Crippen LogP contribution in [0.25, 0.3) is 0 Å². The molecular weight excluding hydrogens is 302 g/mol. The lowest BCUT2D eigenvalue weighted by atomic mass is 10.1. The quantitative estimate of drug-likeness (QED) is 0.796. The molecule has 1 N–H and O–H groups in total. The summed E-state index contributed by atoms with van der Waals surface area (Å²) in [4.78, 5) is 24.5. The molecule has 0 radical (unpaired) electrons. The second-order valence-corrected chi connectivity index (χ2v) is 5.59. The predicted octanol–water partition coefficient (Wildman–Crippen LogP) is 2.37. The minimum absolute atomic E-state index is 0.288. The molecule has 2 aromatic rings. The Bertz CT molecular complexity index is 608. The molecule has 1 amide bonds. The number of esters is 1. The molecule has 0 unspecified atom stereocenters. The molecule has 2 rings (SSSR count). The standard InChI is InChI=1S/C16H17NO4S/c1-20-10-12-4-6-13(7-5-12)16(19)21-11-15(18)17-9-14-3-2-8-22-14/h2-8H,9-11H2,1H3,(H,17,18). The van der Waals surface area contributed by atoms with E-state index in [1.54, 1.807) is 42.7 Å². The van der Waals surface area contributed by atoms with E-state index in [4.69, 9.17) is 9.47 Å². The highest BCUT2D eigenvalue weighted by atomic mass is 32.1. The van der Waals surface area contributed by atoms with Crippen molar-refractivity contribution >= 4 is 23.2 Å². The van der Waals surface area contributed by atoms with Gasteiger partial charge in [0.05, 0.1) is 18.7 Å². The van der Waals surface area contributed by atoms with E-state index < -0.39 is 5.97 Å². The van der Waals surface area contributed by atoms with Crippen LogP contribution in [0.4, 0.5) is 0 Å². The fourth-order valence-corrected chi connectivity index (χ4v) is 2.41. The number of thiophene rings is 1. The first kappa shape index (κ1) is 16.2. The van der Waals surface area contributed by atoms with Crippen LogP contribution < -0.4 is 5.32 Å². The second-order valence-electron chi connectivity index (χ2n) is 4.56. The van der Waals surface area contributed by atoms with E-state index in [0.717, 1.165) is 10.4 Å². The SMILES string of the molecule is COCc1ccc(C(=O)OCC(=O)NCc2cccs2)cc1. The summed E-state index contributed by atoms with van der Waals surface area (Å²) in [5.74, 6) is -0.840. The highest BCUT2D eigenvalue weighted by Gasteiger charge is 2.10. The lowest BCUT2D eigenvalue weighted by Gasteiger charge is -2.06. The summed E-state index contributed by atoms with van der Waals surface area (Å²) in [5.41, 5.74) is 1.37. The number of benzene rings is 1. The van der Waals surface area contributed by atoms with Crippen LogP contribution in [-0.2, 0) is 27.4 Å². The van der Waals surface area contributed by atoms with Gasteiger partial charge in [0.25, 0.3) is 5.91 Å². The number of rotatable bonds is 7. The number of methoxy groups -OCH3 is 1. The van der Waals surface area contributed by atoms with Crippen LogP contribution in [0.3, 0.4) is 0 Å². The van der Waals surface area contributed by atoms with Gasteiger partial charge in [0, 0.05) is 12.0 Å². The zero-order chi connectivity index (χ0) is 15.8. The Morgan fingerprint density at radius 1 is 1.18 bits per heavy atom. The van der Waals surface area contributed by atoms with Gasteiger partial charge in [-0.25, -0.2) is 4.79 Å². The van der Waals surface area contributed by atoms with E-state index in [1.807, 2.05) is 17.5 Å². The van der Waals surface area contributed by atoms with Gasteiger partial charge < -0.3 is 14.8 Å². The summed E-state index contributed by atoms with van der Waals surface area (Å²) in [6, 6.07) is 10.7. The highest BCUT2D eigenvalue weighted by molar-refractivity contribution is 7.09. The molecule has 0 saturated heterocycles. The second kappa shape index (κ2) is 8.31. The zero-order valence-electron chi connectivity index (χ0n) is 12.2. The van der Waals surface area contributed by atoms with E-state index in [0.29, 0.717) is 18.7 Å². The molecule has 6 heteroatoms. The molecule has 22 heavy (non-hydrogen) atoms. The van der Waals surface area contributed by atoms with Crippen molar-refractivity contribution in [2.24, 2.45) is 0 Å². The summed E-state index contributed by atoms with van der Waals surface area (Å²) >= 11 is 1.56. The van der Waals surface area contributed by atoms with Gasteiger partial charge in [-0.3, -0.25) is 4.79 Å². The van der Waals surface area contributed by atoms with Crippen LogP contribution in [0.1, 0.15) is 20.8 Å². The molecular formula is C16H17NO4S. The fraction of sp³-hybridized carbons (Fsp3) is 0.250. The van der Waals surface area contributed by atoms with Gasteiger partial charge in [-0.15, -0.1) is 11.3 Å². The third-order valence-corrected chi connectivity index (χ3v) is 3.75. The average molecular weight is 319 g/mol. The highest BCUT2D eigenvalue weighted by Crippen LogP contribution is 2.08. The Hall–Kier alpha value is -2.18. The zero-order valence-corrected chi connectivity index (χ0v) is 13.0. The van der Waals surface area contributed by atoms with Crippen LogP contribution in [0, 0.1) is 0 Å². The maximum Gasteiger partial charge on any atom is 0.338 e. The predicted molar refractivity (Wildman–Crippen MR) is 83.6 cm³/mol. The molecule has 1 heterocycles. The molecule has 116 valence electrons. The number of nitrogens with one attached hydrogen (secondary N) is 1. The summed E-state index contributed by atoms with van der Waals surface area (Å²) in [6.45, 7) is 0.643. The van der Waals surface area contributed by atoms with Crippen molar-refractivity contribution in [3.63, 3.8) is 0 Å². The minimum atomic E-state index is -0.518. The number of hydrogen-bond donors (Lipinski definition) is 1. The van der Waals surface area contributed by atoms with E-state index in [1.165, 1.54) is 0 Å². The normalized spacial score (nSPS) is 10.2. The third-order valence-electron chi connectivity index (χ3n) is 2.87. The van der Waals surface area contributed by atoms with Crippen molar-refractivity contribution in [1.29, 1.82) is 0 Å². The number of carbonyl (C=O) groups is 2. The maximum atomic E-state index is 11.8. The van der Waals surface area contributed by atoms with E-state index in [9.17, 15) is 9.59 Å². The molecule has 5 nitrogen and oxygen atoms in total. The summed E-state index contributed by atoms with van der Waals surface area (Å²) in [7, 11) is 1.61. The first-order valence-corrected chi connectivity index (χ1v) is 7.61. The largest absolute Gasteiger partial charge is 0.452 e. The van der Waals surface area contributed by atoms with Crippen molar-refractivity contribution in [2.75, 3.05) is 13.7 Å². The number of amides is 1. The first-order chi connectivity index (χ1) is 10.7. The Morgan fingerprint density at radius 3 is 2.59 bits per heavy atom. The lowest BCUT2D eigenvalue weighted by Crippen LogP contribution is -2.28. The Balaban J connectivity index is 1.75. The number of ether oxygens (including phenoxy) is 2. The van der Waals surface area contributed by atoms with E-state index >= 15 is 0 Å². The first-order valence-electron chi connectivity index (χ1n) is 6.73. The fourth-order valence-electron chi connectivity index (χ4n) is 1.77. The molecule has 0 aliphatic carbocycles. The van der Waals surface area contributed by atoms with Gasteiger partial charge in [0.1, 0.15) is 0 Å². The van der Waals surface area contributed by atoms with Crippen molar-refractivity contribution in [3.8, 4) is 0 Å². The van der Waals surface area contributed by atoms with Gasteiger partial charge >= 0.3 is 5.97 Å². The molecule has 0 aliphatic heterocycles. The van der Waals surface area contributed by atoms with Crippen molar-refractivity contribution < 1.29 is 19.1 Å². The van der Waals surface area contributed by atoms with Gasteiger partial charge in [0.2, 0.25) is 0 Å². The minimum Gasteiger partial charge on any atom is -0.452 e. The van der Waals surface area contributed by atoms with Gasteiger partial charge in [-0.05, 0) is 29.1 Å². The van der Waals surface area contributed by atoms with E-state index in [2.05, 4.69) is 5.32 Å². The van der Waals surface area contributed by atoms with Crippen LogP contribution in [-0.4, -0.2) is 25.6 Å². The maximum absolute atomic E-state index is 11.8. The molecule has 0 saturated carbocycles. The Kier molecular flexibility index (Phi) is 6.12. The number of hydrogen-bond acceptors (Lipinski definition) is 5. The molecule has 0 bridgehead atoms. The molecule has 1 aromatic carbocycles. The molecule has 0 fully saturated rings. The summed E-state index contributed by atoms with van der Waals surface area (Å²) < 4.78 is 9.98. The summed E-state index contributed by atoms with van der Waals surface area (Å²) in [5, 5.41) is 4.63. The third kappa shape index (κ3) is 4.98. The van der Waals surface area contributed by atoms with E-state index in [-0.39, 0.29) is 12.5 Å². The van der Waals surface area contributed by atoms with Crippen molar-refractivity contribution in [3.05, 3.63) is 57.8 Å². The van der Waals surface area contributed by atoms with Crippen molar-refractivity contribution in [2.45, 2.75) is 13.2 Å².